The second-order valence-electron chi connectivity index (χ2n) is 6.94. The molecule has 1 heterocycles. The SMILES string of the molecule is N=C(N)c1cc2c(OC(COC(=O)Nc3ccc(Cl)cc3)c3ccccc3)cccc2s1. The molecule has 0 saturated heterocycles. The lowest BCUT2D eigenvalue weighted by atomic mass is 10.1. The molecule has 1 unspecified atom stereocenters. The summed E-state index contributed by atoms with van der Waals surface area (Å²) < 4.78 is 12.7. The molecule has 162 valence electrons. The molecule has 0 aliphatic carbocycles. The summed E-state index contributed by atoms with van der Waals surface area (Å²) in [4.78, 5) is 13.0. The number of anilines is 1. The Morgan fingerprint density at radius 3 is 2.53 bits per heavy atom. The number of carbonyl (C=O) groups is 1. The fourth-order valence-electron chi connectivity index (χ4n) is 3.13. The van der Waals surface area contributed by atoms with E-state index in [0.717, 1.165) is 15.6 Å². The van der Waals surface area contributed by atoms with E-state index in [0.29, 0.717) is 21.3 Å². The Labute approximate surface area is 194 Å². The maximum absolute atomic E-state index is 12.3. The summed E-state index contributed by atoms with van der Waals surface area (Å²) in [5.41, 5.74) is 7.10. The van der Waals surface area contributed by atoms with Crippen LogP contribution in [0.4, 0.5) is 10.5 Å². The second-order valence-corrected chi connectivity index (χ2v) is 8.46. The van der Waals surface area contributed by atoms with Gasteiger partial charge in [-0.15, -0.1) is 11.3 Å². The Hall–Kier alpha value is -3.55. The van der Waals surface area contributed by atoms with Gasteiger partial charge in [0.1, 0.15) is 18.2 Å². The van der Waals surface area contributed by atoms with E-state index < -0.39 is 12.2 Å². The second kappa shape index (κ2) is 9.72. The third-order valence-electron chi connectivity index (χ3n) is 4.68. The maximum atomic E-state index is 12.3. The summed E-state index contributed by atoms with van der Waals surface area (Å²) >= 11 is 7.31. The van der Waals surface area contributed by atoms with Gasteiger partial charge in [0.2, 0.25) is 0 Å². The highest BCUT2D eigenvalue weighted by atomic mass is 35.5. The Balaban J connectivity index is 1.53. The number of hydrogen-bond acceptors (Lipinski definition) is 5. The van der Waals surface area contributed by atoms with Crippen LogP contribution in [0.1, 0.15) is 16.5 Å². The van der Waals surface area contributed by atoms with Crippen molar-refractivity contribution in [1.82, 2.24) is 0 Å². The van der Waals surface area contributed by atoms with Crippen LogP contribution in [0.25, 0.3) is 10.1 Å². The molecule has 6 nitrogen and oxygen atoms in total. The molecule has 0 bridgehead atoms. The Kier molecular flexibility index (Phi) is 6.58. The van der Waals surface area contributed by atoms with E-state index in [4.69, 9.17) is 32.2 Å². The topological polar surface area (TPSA) is 97.4 Å². The molecule has 1 aromatic heterocycles. The smallest absolute Gasteiger partial charge is 0.411 e. The molecule has 1 amide bonds. The average Bonchev–Trinajstić information content (AvgIpc) is 3.24. The molecular formula is C24H20ClN3O3S. The zero-order valence-electron chi connectivity index (χ0n) is 16.9. The van der Waals surface area contributed by atoms with E-state index in [1.165, 1.54) is 11.3 Å². The predicted octanol–water partition coefficient (Wildman–Crippen LogP) is 6.21. The Morgan fingerprint density at radius 2 is 1.81 bits per heavy atom. The van der Waals surface area contributed by atoms with E-state index in [9.17, 15) is 4.79 Å². The highest BCUT2D eigenvalue weighted by molar-refractivity contribution is 7.20. The summed E-state index contributed by atoms with van der Waals surface area (Å²) in [6, 6.07) is 23.8. The highest BCUT2D eigenvalue weighted by Gasteiger charge is 2.19. The molecule has 32 heavy (non-hydrogen) atoms. The van der Waals surface area contributed by atoms with Crippen LogP contribution < -0.4 is 15.8 Å². The average molecular weight is 466 g/mol. The number of nitrogens with two attached hydrogens (primary N) is 1. The molecule has 0 spiro atoms. The molecule has 8 heteroatoms. The summed E-state index contributed by atoms with van der Waals surface area (Å²) in [5.74, 6) is 0.640. The number of fused-ring (bicyclic) bond motifs is 1. The van der Waals surface area contributed by atoms with Crippen molar-refractivity contribution in [2.24, 2.45) is 5.73 Å². The first-order valence-corrected chi connectivity index (χ1v) is 11.0. The molecule has 3 aromatic carbocycles. The van der Waals surface area contributed by atoms with Gasteiger partial charge in [0.15, 0.2) is 6.10 Å². The predicted molar refractivity (Wildman–Crippen MR) is 129 cm³/mol. The molecule has 0 saturated carbocycles. The number of hydrogen-bond donors (Lipinski definition) is 3. The minimum atomic E-state index is -0.593. The molecule has 0 aliphatic heterocycles. The molecule has 0 fully saturated rings. The van der Waals surface area contributed by atoms with Crippen molar-refractivity contribution >= 4 is 50.6 Å². The number of halogens is 1. The number of nitrogen functional groups attached to an aromatic ring is 1. The number of rotatable bonds is 7. The monoisotopic (exact) mass is 465 g/mol. The number of nitrogens with one attached hydrogen (secondary N) is 2. The quantitative estimate of drug-likeness (QED) is 0.223. The number of benzene rings is 3. The minimum absolute atomic E-state index is 0.00350. The lowest BCUT2D eigenvalue weighted by Gasteiger charge is -2.20. The number of amides is 1. The molecule has 0 aliphatic rings. The third-order valence-corrected chi connectivity index (χ3v) is 6.07. The van der Waals surface area contributed by atoms with Crippen molar-refractivity contribution in [2.75, 3.05) is 11.9 Å². The lowest BCUT2D eigenvalue weighted by Crippen LogP contribution is -2.21. The van der Waals surface area contributed by atoms with Crippen LogP contribution in [-0.2, 0) is 4.74 Å². The van der Waals surface area contributed by atoms with Gasteiger partial charge in [-0.25, -0.2) is 4.79 Å². The van der Waals surface area contributed by atoms with E-state index in [-0.39, 0.29) is 12.4 Å². The van der Waals surface area contributed by atoms with Gasteiger partial charge in [0, 0.05) is 20.8 Å². The van der Waals surface area contributed by atoms with Crippen LogP contribution >= 0.6 is 22.9 Å². The van der Waals surface area contributed by atoms with Crippen LogP contribution in [0.2, 0.25) is 5.02 Å². The lowest BCUT2D eigenvalue weighted by molar-refractivity contribution is 0.0910. The van der Waals surface area contributed by atoms with Crippen LogP contribution in [0.5, 0.6) is 5.75 Å². The molecule has 4 N–H and O–H groups in total. The molecule has 0 radical (unpaired) electrons. The van der Waals surface area contributed by atoms with Gasteiger partial charge in [-0.3, -0.25) is 10.7 Å². The van der Waals surface area contributed by atoms with Gasteiger partial charge in [0.25, 0.3) is 0 Å². The summed E-state index contributed by atoms with van der Waals surface area (Å²) in [6.07, 6.45) is -1.12. The standard InChI is InChI=1S/C24H20ClN3O3S/c25-16-9-11-17(12-10-16)28-24(29)30-14-20(15-5-2-1-3-6-15)31-19-7-4-8-21-18(19)13-22(32-21)23(26)27/h1-13,20H,14H2,(H3,26,27)(H,28,29). The highest BCUT2D eigenvalue weighted by Crippen LogP contribution is 2.35. The first-order valence-electron chi connectivity index (χ1n) is 9.77. The summed E-state index contributed by atoms with van der Waals surface area (Å²) in [5, 5.41) is 11.8. The van der Waals surface area contributed by atoms with E-state index >= 15 is 0 Å². The first kappa shape index (κ1) is 21.7. The number of carbonyl (C=O) groups excluding carboxylic acids is 1. The Morgan fingerprint density at radius 1 is 1.06 bits per heavy atom. The van der Waals surface area contributed by atoms with Crippen molar-refractivity contribution in [3.63, 3.8) is 0 Å². The van der Waals surface area contributed by atoms with Crippen molar-refractivity contribution in [3.8, 4) is 5.75 Å². The molecule has 4 aromatic rings. The van der Waals surface area contributed by atoms with Gasteiger partial charge in [0.05, 0.1) is 4.88 Å². The first-order chi connectivity index (χ1) is 15.5. The van der Waals surface area contributed by atoms with E-state index in [1.54, 1.807) is 24.3 Å². The van der Waals surface area contributed by atoms with Gasteiger partial charge in [-0.1, -0.05) is 48.0 Å². The molecule has 4 rings (SSSR count). The van der Waals surface area contributed by atoms with E-state index in [1.807, 2.05) is 54.6 Å². The molecule has 1 atom stereocenters. The zero-order chi connectivity index (χ0) is 22.5. The number of thiophene rings is 1. The van der Waals surface area contributed by atoms with Crippen molar-refractivity contribution in [3.05, 3.63) is 94.3 Å². The zero-order valence-corrected chi connectivity index (χ0v) is 18.5. The van der Waals surface area contributed by atoms with E-state index in [2.05, 4.69) is 5.32 Å². The largest absolute Gasteiger partial charge is 0.481 e. The summed E-state index contributed by atoms with van der Waals surface area (Å²) in [6.45, 7) is 0.00350. The Bertz CT molecular complexity index is 1240. The van der Waals surface area contributed by atoms with Gasteiger partial charge < -0.3 is 15.2 Å². The van der Waals surface area contributed by atoms with Crippen LogP contribution in [0, 0.1) is 5.41 Å². The fraction of sp³-hybridized carbons (Fsp3) is 0.0833. The normalized spacial score (nSPS) is 11.7. The minimum Gasteiger partial charge on any atom is -0.481 e. The van der Waals surface area contributed by atoms with Gasteiger partial charge in [-0.05, 0) is 48.0 Å². The molecular weight excluding hydrogens is 446 g/mol. The van der Waals surface area contributed by atoms with Gasteiger partial charge >= 0.3 is 6.09 Å². The van der Waals surface area contributed by atoms with Crippen molar-refractivity contribution in [1.29, 1.82) is 5.41 Å². The fourth-order valence-corrected chi connectivity index (χ4v) is 4.19. The number of amidine groups is 1. The maximum Gasteiger partial charge on any atom is 0.411 e. The van der Waals surface area contributed by atoms with Crippen molar-refractivity contribution in [2.45, 2.75) is 6.10 Å². The van der Waals surface area contributed by atoms with Crippen LogP contribution in [-0.4, -0.2) is 18.5 Å². The number of ether oxygens (including phenoxy) is 2. The third kappa shape index (κ3) is 5.19. The van der Waals surface area contributed by atoms with Gasteiger partial charge in [-0.2, -0.15) is 0 Å². The van der Waals surface area contributed by atoms with Crippen molar-refractivity contribution < 1.29 is 14.3 Å². The van der Waals surface area contributed by atoms with Crippen LogP contribution in [0.3, 0.4) is 0 Å². The summed E-state index contributed by atoms with van der Waals surface area (Å²) in [7, 11) is 0. The van der Waals surface area contributed by atoms with Crippen LogP contribution in [0.15, 0.2) is 78.9 Å².